The van der Waals surface area contributed by atoms with E-state index in [4.69, 9.17) is 4.74 Å². The molecule has 0 fully saturated rings. The summed E-state index contributed by atoms with van der Waals surface area (Å²) in [6.07, 6.45) is 5.54. The Morgan fingerprint density at radius 3 is 2.74 bits per heavy atom. The zero-order chi connectivity index (χ0) is 13.5. The van der Waals surface area contributed by atoms with E-state index in [9.17, 15) is 0 Å². The zero-order valence-electron chi connectivity index (χ0n) is 11.3. The molecule has 2 heterocycles. The van der Waals surface area contributed by atoms with Crippen molar-refractivity contribution in [3.63, 3.8) is 0 Å². The lowest BCUT2D eigenvalue weighted by Gasteiger charge is -2.07. The largest absolute Gasteiger partial charge is 0.478 e. The molecule has 0 unspecified atom stereocenters. The number of rotatable bonds is 6. The van der Waals surface area contributed by atoms with Crippen LogP contribution in [-0.4, -0.2) is 28.6 Å². The van der Waals surface area contributed by atoms with Crippen LogP contribution in [0, 0.1) is 6.92 Å². The molecule has 0 aliphatic rings. The van der Waals surface area contributed by atoms with Gasteiger partial charge in [-0.25, -0.2) is 4.98 Å². The van der Waals surface area contributed by atoms with E-state index in [2.05, 4.69) is 20.3 Å². The molecule has 0 aromatic carbocycles. The van der Waals surface area contributed by atoms with Gasteiger partial charge >= 0.3 is 0 Å². The number of nitrogens with zero attached hydrogens (tertiary/aromatic N) is 3. The third-order valence-corrected chi connectivity index (χ3v) is 2.68. The molecule has 0 aliphatic heterocycles. The molecule has 0 saturated carbocycles. The molecule has 100 valence electrons. The van der Waals surface area contributed by atoms with Crippen LogP contribution in [0.3, 0.4) is 0 Å². The molecule has 0 amide bonds. The summed E-state index contributed by atoms with van der Waals surface area (Å²) in [5.41, 5.74) is 1.27. The number of hydrogen-bond donors (Lipinski definition) is 1. The Balaban J connectivity index is 1.81. The van der Waals surface area contributed by atoms with E-state index >= 15 is 0 Å². The molecular formula is C14H18N4O. The highest BCUT2D eigenvalue weighted by atomic mass is 16.5. The van der Waals surface area contributed by atoms with Gasteiger partial charge in [0.2, 0.25) is 5.88 Å². The summed E-state index contributed by atoms with van der Waals surface area (Å²) in [4.78, 5) is 12.5. The third-order valence-electron chi connectivity index (χ3n) is 2.68. The second kappa shape index (κ2) is 6.68. The SMILES string of the molecule is CNc1cc(OCCCc2ccncc2)nc(C)n1. The van der Waals surface area contributed by atoms with Gasteiger partial charge in [-0.1, -0.05) is 0 Å². The minimum Gasteiger partial charge on any atom is -0.478 e. The summed E-state index contributed by atoms with van der Waals surface area (Å²) >= 11 is 0. The lowest BCUT2D eigenvalue weighted by atomic mass is 10.1. The summed E-state index contributed by atoms with van der Waals surface area (Å²) in [6.45, 7) is 2.49. The van der Waals surface area contributed by atoms with Gasteiger partial charge in [0.1, 0.15) is 11.6 Å². The van der Waals surface area contributed by atoms with Crippen LogP contribution in [0.15, 0.2) is 30.6 Å². The van der Waals surface area contributed by atoms with E-state index in [1.54, 1.807) is 6.07 Å². The first-order valence-electron chi connectivity index (χ1n) is 6.33. The molecule has 2 aromatic heterocycles. The molecule has 19 heavy (non-hydrogen) atoms. The van der Waals surface area contributed by atoms with E-state index in [1.165, 1.54) is 5.56 Å². The average Bonchev–Trinajstić information content (AvgIpc) is 2.44. The Bertz CT molecular complexity index is 516. The Morgan fingerprint density at radius 2 is 2.00 bits per heavy atom. The second-order valence-corrected chi connectivity index (χ2v) is 4.20. The first kappa shape index (κ1) is 13.3. The van der Waals surface area contributed by atoms with Crippen molar-refractivity contribution < 1.29 is 4.74 Å². The molecule has 1 N–H and O–H groups in total. The Kier molecular flexibility index (Phi) is 4.66. The number of hydrogen-bond acceptors (Lipinski definition) is 5. The van der Waals surface area contributed by atoms with E-state index in [0.717, 1.165) is 18.7 Å². The molecule has 0 spiro atoms. The van der Waals surface area contributed by atoms with Gasteiger partial charge in [-0.3, -0.25) is 4.98 Å². The predicted octanol–water partition coefficient (Wildman–Crippen LogP) is 2.23. The smallest absolute Gasteiger partial charge is 0.218 e. The monoisotopic (exact) mass is 258 g/mol. The average molecular weight is 258 g/mol. The lowest BCUT2D eigenvalue weighted by Crippen LogP contribution is -2.04. The highest BCUT2D eigenvalue weighted by molar-refractivity contribution is 5.37. The standard InChI is InChI=1S/C14H18N4O/c1-11-17-13(15-2)10-14(18-11)19-9-3-4-12-5-7-16-8-6-12/h5-8,10H,3-4,9H2,1-2H3,(H,15,17,18). The topological polar surface area (TPSA) is 59.9 Å². The predicted molar refractivity (Wildman–Crippen MR) is 74.4 cm³/mol. The minimum atomic E-state index is 0.617. The molecule has 2 rings (SSSR count). The van der Waals surface area contributed by atoms with Gasteiger partial charge < -0.3 is 10.1 Å². The fourth-order valence-corrected chi connectivity index (χ4v) is 1.74. The number of anilines is 1. The molecule has 0 saturated heterocycles. The Morgan fingerprint density at radius 1 is 1.21 bits per heavy atom. The summed E-state index contributed by atoms with van der Waals surface area (Å²) in [7, 11) is 1.83. The summed E-state index contributed by atoms with van der Waals surface area (Å²) in [6, 6.07) is 5.85. The number of pyridine rings is 1. The molecule has 5 heteroatoms. The van der Waals surface area contributed by atoms with Gasteiger partial charge in [-0.15, -0.1) is 0 Å². The number of nitrogens with one attached hydrogen (secondary N) is 1. The zero-order valence-corrected chi connectivity index (χ0v) is 11.3. The maximum absolute atomic E-state index is 5.64. The van der Waals surface area contributed by atoms with Gasteiger partial charge in [0, 0.05) is 25.5 Å². The van der Waals surface area contributed by atoms with Crippen LogP contribution < -0.4 is 10.1 Å². The van der Waals surface area contributed by atoms with E-state index < -0.39 is 0 Å². The van der Waals surface area contributed by atoms with Crippen LogP contribution in [-0.2, 0) is 6.42 Å². The minimum absolute atomic E-state index is 0.617. The van der Waals surface area contributed by atoms with Crippen LogP contribution in [0.4, 0.5) is 5.82 Å². The molecule has 0 radical (unpaired) electrons. The van der Waals surface area contributed by atoms with E-state index in [0.29, 0.717) is 18.3 Å². The first-order valence-corrected chi connectivity index (χ1v) is 6.33. The van der Waals surface area contributed by atoms with Crippen LogP contribution in [0.2, 0.25) is 0 Å². The van der Waals surface area contributed by atoms with Crippen molar-refractivity contribution in [1.29, 1.82) is 0 Å². The number of aromatic nitrogens is 3. The Hall–Kier alpha value is -2.17. The first-order chi connectivity index (χ1) is 9.28. The van der Waals surface area contributed by atoms with E-state index in [1.807, 2.05) is 38.5 Å². The summed E-state index contributed by atoms with van der Waals surface area (Å²) in [5, 5.41) is 2.99. The van der Waals surface area contributed by atoms with Crippen molar-refractivity contribution in [2.45, 2.75) is 19.8 Å². The van der Waals surface area contributed by atoms with Crippen molar-refractivity contribution in [3.8, 4) is 5.88 Å². The summed E-state index contributed by atoms with van der Waals surface area (Å²) in [5.74, 6) is 2.10. The van der Waals surface area contributed by atoms with Crippen molar-refractivity contribution in [2.75, 3.05) is 19.0 Å². The van der Waals surface area contributed by atoms with E-state index in [-0.39, 0.29) is 0 Å². The number of ether oxygens (including phenoxy) is 1. The normalized spacial score (nSPS) is 10.2. The van der Waals surface area contributed by atoms with Gasteiger partial charge in [0.15, 0.2) is 0 Å². The highest BCUT2D eigenvalue weighted by Crippen LogP contribution is 2.13. The van der Waals surface area contributed by atoms with Crippen LogP contribution in [0.25, 0.3) is 0 Å². The Labute approximate surface area is 113 Å². The maximum Gasteiger partial charge on any atom is 0.218 e. The molecular weight excluding hydrogens is 240 g/mol. The van der Waals surface area contributed by atoms with Gasteiger partial charge in [-0.05, 0) is 37.5 Å². The van der Waals surface area contributed by atoms with Crippen molar-refractivity contribution in [2.24, 2.45) is 0 Å². The van der Waals surface area contributed by atoms with Gasteiger partial charge in [0.25, 0.3) is 0 Å². The fraction of sp³-hybridized carbons (Fsp3) is 0.357. The van der Waals surface area contributed by atoms with Gasteiger partial charge in [-0.2, -0.15) is 4.98 Å². The second-order valence-electron chi connectivity index (χ2n) is 4.20. The van der Waals surface area contributed by atoms with Crippen molar-refractivity contribution in [1.82, 2.24) is 15.0 Å². The molecule has 2 aromatic rings. The van der Waals surface area contributed by atoms with Gasteiger partial charge in [0.05, 0.1) is 6.61 Å². The molecule has 0 atom stereocenters. The van der Waals surface area contributed by atoms with Crippen LogP contribution >= 0.6 is 0 Å². The quantitative estimate of drug-likeness (QED) is 0.805. The van der Waals surface area contributed by atoms with Crippen molar-refractivity contribution >= 4 is 5.82 Å². The molecule has 5 nitrogen and oxygen atoms in total. The molecule has 0 bridgehead atoms. The van der Waals surface area contributed by atoms with Crippen LogP contribution in [0.5, 0.6) is 5.88 Å². The highest BCUT2D eigenvalue weighted by Gasteiger charge is 2.01. The number of aryl methyl sites for hydroxylation is 2. The summed E-state index contributed by atoms with van der Waals surface area (Å²) < 4.78 is 5.64. The molecule has 0 aliphatic carbocycles. The fourth-order valence-electron chi connectivity index (χ4n) is 1.74. The lowest BCUT2D eigenvalue weighted by molar-refractivity contribution is 0.298. The van der Waals surface area contributed by atoms with Crippen molar-refractivity contribution in [3.05, 3.63) is 42.0 Å². The van der Waals surface area contributed by atoms with Crippen LogP contribution in [0.1, 0.15) is 17.8 Å². The third kappa shape index (κ3) is 4.21. The maximum atomic E-state index is 5.64.